The Hall–Kier alpha value is -0.480. The SMILES string of the molecule is CC(C)C[C@H](NC(=O)OC(C)(C)C)[C@@H](O)CCl. The summed E-state index contributed by atoms with van der Waals surface area (Å²) >= 11 is 5.60. The number of carbonyl (C=O) groups is 1. The van der Waals surface area contributed by atoms with Gasteiger partial charge in [0.25, 0.3) is 0 Å². The Kier molecular flexibility index (Phi) is 6.87. The zero-order valence-electron chi connectivity index (χ0n) is 11.3. The van der Waals surface area contributed by atoms with Gasteiger partial charge in [0.1, 0.15) is 5.60 Å². The van der Waals surface area contributed by atoms with E-state index in [9.17, 15) is 9.90 Å². The van der Waals surface area contributed by atoms with Crippen LogP contribution in [-0.2, 0) is 4.74 Å². The number of ether oxygens (including phenoxy) is 1. The first kappa shape index (κ1) is 16.5. The van der Waals surface area contributed by atoms with Crippen LogP contribution in [0.2, 0.25) is 0 Å². The summed E-state index contributed by atoms with van der Waals surface area (Å²) < 4.78 is 5.14. The molecule has 0 rings (SSSR count). The predicted octanol–water partition coefficient (Wildman–Crippen LogP) is 2.53. The second-order valence-corrected chi connectivity index (χ2v) is 5.91. The van der Waals surface area contributed by atoms with Gasteiger partial charge in [-0.1, -0.05) is 13.8 Å². The smallest absolute Gasteiger partial charge is 0.407 e. The highest BCUT2D eigenvalue weighted by atomic mass is 35.5. The summed E-state index contributed by atoms with van der Waals surface area (Å²) in [5, 5.41) is 12.4. The van der Waals surface area contributed by atoms with Crippen molar-refractivity contribution in [1.82, 2.24) is 5.32 Å². The second kappa shape index (κ2) is 7.07. The topological polar surface area (TPSA) is 58.6 Å². The van der Waals surface area contributed by atoms with Crippen molar-refractivity contribution in [1.29, 1.82) is 0 Å². The minimum Gasteiger partial charge on any atom is -0.444 e. The summed E-state index contributed by atoms with van der Waals surface area (Å²) in [4.78, 5) is 11.6. The van der Waals surface area contributed by atoms with E-state index in [0.717, 1.165) is 0 Å². The number of aliphatic hydroxyl groups excluding tert-OH is 1. The fourth-order valence-electron chi connectivity index (χ4n) is 1.39. The van der Waals surface area contributed by atoms with E-state index < -0.39 is 17.8 Å². The molecule has 17 heavy (non-hydrogen) atoms. The molecule has 0 aromatic heterocycles. The fraction of sp³-hybridized carbons (Fsp3) is 0.917. The molecule has 0 aliphatic carbocycles. The molecule has 0 spiro atoms. The summed E-state index contributed by atoms with van der Waals surface area (Å²) in [6.45, 7) is 9.42. The molecule has 0 radical (unpaired) electrons. The number of hydrogen-bond donors (Lipinski definition) is 2. The van der Waals surface area contributed by atoms with E-state index in [-0.39, 0.29) is 11.9 Å². The Morgan fingerprint density at radius 1 is 1.41 bits per heavy atom. The van der Waals surface area contributed by atoms with Gasteiger partial charge < -0.3 is 15.2 Å². The maximum absolute atomic E-state index is 11.6. The largest absolute Gasteiger partial charge is 0.444 e. The van der Waals surface area contributed by atoms with Gasteiger partial charge in [-0.15, -0.1) is 11.6 Å². The van der Waals surface area contributed by atoms with Gasteiger partial charge in [0.05, 0.1) is 18.0 Å². The van der Waals surface area contributed by atoms with Gasteiger partial charge in [-0.25, -0.2) is 4.79 Å². The number of rotatable bonds is 5. The van der Waals surface area contributed by atoms with E-state index in [2.05, 4.69) is 5.32 Å². The molecule has 102 valence electrons. The molecule has 0 fully saturated rings. The minimum atomic E-state index is -0.758. The molecule has 0 saturated carbocycles. The van der Waals surface area contributed by atoms with Crippen LogP contribution >= 0.6 is 11.6 Å². The number of halogens is 1. The van der Waals surface area contributed by atoms with Crippen molar-refractivity contribution < 1.29 is 14.6 Å². The second-order valence-electron chi connectivity index (χ2n) is 5.60. The quantitative estimate of drug-likeness (QED) is 0.751. The molecule has 5 heteroatoms. The standard InChI is InChI=1S/C12H24ClNO3/c1-8(2)6-9(10(15)7-13)14-11(16)17-12(3,4)5/h8-10,15H,6-7H2,1-5H3,(H,14,16)/t9-,10-/m0/s1. The Morgan fingerprint density at radius 3 is 2.29 bits per heavy atom. The van der Waals surface area contributed by atoms with Crippen LogP contribution in [0.15, 0.2) is 0 Å². The number of nitrogens with one attached hydrogen (secondary N) is 1. The highest BCUT2D eigenvalue weighted by Gasteiger charge is 2.24. The van der Waals surface area contributed by atoms with Crippen molar-refractivity contribution in [2.45, 2.75) is 58.8 Å². The van der Waals surface area contributed by atoms with Crippen LogP contribution in [0.4, 0.5) is 4.79 Å². The summed E-state index contributed by atoms with van der Waals surface area (Å²) in [5.74, 6) is 0.445. The first-order valence-electron chi connectivity index (χ1n) is 5.89. The molecular formula is C12H24ClNO3. The molecule has 4 nitrogen and oxygen atoms in total. The Morgan fingerprint density at radius 2 is 1.94 bits per heavy atom. The van der Waals surface area contributed by atoms with Gasteiger partial charge in [-0.05, 0) is 33.1 Å². The molecular weight excluding hydrogens is 242 g/mol. The average molecular weight is 266 g/mol. The molecule has 2 atom stereocenters. The number of alkyl carbamates (subject to hydrolysis) is 1. The first-order chi connectivity index (χ1) is 7.65. The molecule has 0 bridgehead atoms. The first-order valence-corrected chi connectivity index (χ1v) is 6.42. The molecule has 0 saturated heterocycles. The van der Waals surface area contributed by atoms with E-state index in [1.807, 2.05) is 13.8 Å². The van der Waals surface area contributed by atoms with Crippen molar-refractivity contribution in [3.05, 3.63) is 0 Å². The Bertz CT molecular complexity index is 238. The monoisotopic (exact) mass is 265 g/mol. The Balaban J connectivity index is 4.37. The number of aliphatic hydroxyl groups is 1. The summed E-state index contributed by atoms with van der Waals surface area (Å²) in [7, 11) is 0. The van der Waals surface area contributed by atoms with E-state index in [1.54, 1.807) is 20.8 Å². The molecule has 1 amide bonds. The minimum absolute atomic E-state index is 0.0905. The lowest BCUT2D eigenvalue weighted by Crippen LogP contribution is -2.46. The normalized spacial score (nSPS) is 15.5. The van der Waals surface area contributed by atoms with E-state index in [0.29, 0.717) is 12.3 Å². The number of carbonyl (C=O) groups excluding carboxylic acids is 1. The van der Waals surface area contributed by atoms with Gasteiger partial charge in [0, 0.05) is 0 Å². The zero-order valence-corrected chi connectivity index (χ0v) is 12.0. The molecule has 0 aliphatic rings. The lowest BCUT2D eigenvalue weighted by molar-refractivity contribution is 0.0425. The molecule has 2 N–H and O–H groups in total. The summed E-state index contributed by atoms with van der Waals surface area (Å²) in [6, 6.07) is -0.373. The van der Waals surface area contributed by atoms with Crippen molar-refractivity contribution in [2.24, 2.45) is 5.92 Å². The van der Waals surface area contributed by atoms with E-state index >= 15 is 0 Å². The van der Waals surface area contributed by atoms with Crippen LogP contribution in [0.5, 0.6) is 0 Å². The number of hydrogen-bond acceptors (Lipinski definition) is 3. The lowest BCUT2D eigenvalue weighted by atomic mass is 10.0. The average Bonchev–Trinajstić information content (AvgIpc) is 2.11. The van der Waals surface area contributed by atoms with Crippen LogP contribution < -0.4 is 5.32 Å². The highest BCUT2D eigenvalue weighted by molar-refractivity contribution is 6.18. The predicted molar refractivity (Wildman–Crippen MR) is 69.3 cm³/mol. The van der Waals surface area contributed by atoms with Crippen molar-refractivity contribution in [3.63, 3.8) is 0 Å². The van der Waals surface area contributed by atoms with Gasteiger partial charge in [-0.2, -0.15) is 0 Å². The summed E-state index contributed by atoms with van der Waals surface area (Å²) in [6.07, 6.45) is -0.619. The summed E-state index contributed by atoms with van der Waals surface area (Å²) in [5.41, 5.74) is -0.543. The van der Waals surface area contributed by atoms with Gasteiger partial charge in [0.2, 0.25) is 0 Å². The van der Waals surface area contributed by atoms with Crippen LogP contribution in [0, 0.1) is 5.92 Å². The van der Waals surface area contributed by atoms with Crippen LogP contribution in [-0.4, -0.2) is 34.8 Å². The maximum atomic E-state index is 11.6. The van der Waals surface area contributed by atoms with E-state index in [1.165, 1.54) is 0 Å². The third-order valence-electron chi connectivity index (χ3n) is 2.05. The molecule has 0 unspecified atom stereocenters. The van der Waals surface area contributed by atoms with E-state index in [4.69, 9.17) is 16.3 Å². The van der Waals surface area contributed by atoms with Gasteiger partial charge in [0.15, 0.2) is 0 Å². The lowest BCUT2D eigenvalue weighted by Gasteiger charge is -2.26. The van der Waals surface area contributed by atoms with Crippen molar-refractivity contribution in [3.8, 4) is 0 Å². The third kappa shape index (κ3) is 8.27. The van der Waals surface area contributed by atoms with Crippen LogP contribution in [0.1, 0.15) is 41.0 Å². The number of alkyl halides is 1. The van der Waals surface area contributed by atoms with Crippen molar-refractivity contribution in [2.75, 3.05) is 5.88 Å². The zero-order chi connectivity index (χ0) is 13.6. The molecule has 0 aliphatic heterocycles. The Labute approximate surface area is 109 Å². The molecule has 0 aromatic carbocycles. The number of amides is 1. The van der Waals surface area contributed by atoms with Crippen LogP contribution in [0.25, 0.3) is 0 Å². The third-order valence-corrected chi connectivity index (χ3v) is 2.37. The molecule has 0 aromatic rings. The van der Waals surface area contributed by atoms with Gasteiger partial charge >= 0.3 is 6.09 Å². The van der Waals surface area contributed by atoms with Gasteiger partial charge in [-0.3, -0.25) is 0 Å². The maximum Gasteiger partial charge on any atom is 0.407 e. The highest BCUT2D eigenvalue weighted by Crippen LogP contribution is 2.12. The van der Waals surface area contributed by atoms with Crippen LogP contribution in [0.3, 0.4) is 0 Å². The fourth-order valence-corrected chi connectivity index (χ4v) is 1.60. The molecule has 0 heterocycles. The van der Waals surface area contributed by atoms with Crippen molar-refractivity contribution >= 4 is 17.7 Å².